The zero-order valence-electron chi connectivity index (χ0n) is 6.89. The third-order valence-electron chi connectivity index (χ3n) is 1.93. The molecule has 0 amide bonds. The second kappa shape index (κ2) is 3.52. The molecule has 0 unspecified atom stereocenters. The van der Waals surface area contributed by atoms with E-state index in [1.807, 2.05) is 0 Å². The van der Waals surface area contributed by atoms with Crippen molar-refractivity contribution in [2.24, 2.45) is 0 Å². The van der Waals surface area contributed by atoms with Crippen LogP contribution < -0.4 is 10.1 Å². The van der Waals surface area contributed by atoms with Gasteiger partial charge in [0.1, 0.15) is 17.7 Å². The summed E-state index contributed by atoms with van der Waals surface area (Å²) in [7, 11) is 0. The Kier molecular flexibility index (Phi) is 2.38. The van der Waals surface area contributed by atoms with Gasteiger partial charge in [-0.25, -0.2) is 4.39 Å². The quantitative estimate of drug-likeness (QED) is 0.789. The zero-order chi connectivity index (χ0) is 9.26. The van der Waals surface area contributed by atoms with E-state index in [2.05, 4.69) is 5.32 Å². The van der Waals surface area contributed by atoms with Crippen molar-refractivity contribution < 1.29 is 9.13 Å². The smallest absolute Gasteiger partial charge is 0.138 e. The van der Waals surface area contributed by atoms with Gasteiger partial charge in [0.05, 0.1) is 5.02 Å². The lowest BCUT2D eigenvalue weighted by Crippen LogP contribution is -2.50. The second-order valence-electron chi connectivity index (χ2n) is 2.97. The minimum absolute atomic E-state index is 0.169. The molecule has 0 atom stereocenters. The summed E-state index contributed by atoms with van der Waals surface area (Å²) in [6, 6.07) is 4.15. The molecule has 1 aromatic carbocycles. The number of benzene rings is 1. The van der Waals surface area contributed by atoms with Crippen LogP contribution in [0.3, 0.4) is 0 Å². The van der Waals surface area contributed by atoms with Crippen LogP contribution in [0.2, 0.25) is 5.02 Å². The number of ether oxygens (including phenoxy) is 1. The van der Waals surface area contributed by atoms with Gasteiger partial charge in [0.15, 0.2) is 0 Å². The van der Waals surface area contributed by atoms with Crippen LogP contribution in [0.4, 0.5) is 4.39 Å². The minimum Gasteiger partial charge on any atom is -0.486 e. The van der Waals surface area contributed by atoms with Gasteiger partial charge in [-0.2, -0.15) is 0 Å². The molecule has 2 nitrogen and oxygen atoms in total. The summed E-state index contributed by atoms with van der Waals surface area (Å²) < 4.78 is 18.1. The van der Waals surface area contributed by atoms with E-state index in [1.54, 1.807) is 6.07 Å². The summed E-state index contributed by atoms with van der Waals surface area (Å²) in [6.45, 7) is 1.65. The van der Waals surface area contributed by atoms with Gasteiger partial charge in [-0.1, -0.05) is 11.6 Å². The first-order valence-corrected chi connectivity index (χ1v) is 4.46. The highest BCUT2D eigenvalue weighted by atomic mass is 35.5. The van der Waals surface area contributed by atoms with Crippen LogP contribution in [-0.4, -0.2) is 19.2 Å². The second-order valence-corrected chi connectivity index (χ2v) is 3.38. The molecular weight excluding hydrogens is 193 g/mol. The Hall–Kier alpha value is -0.800. The fourth-order valence-corrected chi connectivity index (χ4v) is 1.31. The molecule has 1 heterocycles. The van der Waals surface area contributed by atoms with E-state index >= 15 is 0 Å². The molecule has 0 aliphatic carbocycles. The number of rotatable bonds is 2. The van der Waals surface area contributed by atoms with Gasteiger partial charge in [0.2, 0.25) is 0 Å². The van der Waals surface area contributed by atoms with E-state index in [9.17, 15) is 4.39 Å². The molecule has 1 aliphatic heterocycles. The predicted octanol–water partition coefficient (Wildman–Crippen LogP) is 1.83. The van der Waals surface area contributed by atoms with Crippen LogP contribution in [-0.2, 0) is 0 Å². The molecule has 0 saturated carbocycles. The van der Waals surface area contributed by atoms with Crippen molar-refractivity contribution >= 4 is 11.6 Å². The van der Waals surface area contributed by atoms with Crippen LogP contribution in [0, 0.1) is 5.82 Å². The number of halogens is 2. The van der Waals surface area contributed by atoms with Gasteiger partial charge in [-0.3, -0.25) is 0 Å². The molecule has 0 bridgehead atoms. The Labute approximate surface area is 80.7 Å². The molecule has 0 spiro atoms. The molecule has 1 aromatic rings. The van der Waals surface area contributed by atoms with E-state index in [0.717, 1.165) is 13.1 Å². The third kappa shape index (κ3) is 1.92. The van der Waals surface area contributed by atoms with Crippen LogP contribution in [0.5, 0.6) is 5.75 Å². The van der Waals surface area contributed by atoms with E-state index in [-0.39, 0.29) is 11.9 Å². The van der Waals surface area contributed by atoms with Crippen molar-refractivity contribution in [1.82, 2.24) is 5.32 Å². The lowest BCUT2D eigenvalue weighted by molar-refractivity contribution is 0.142. The lowest BCUT2D eigenvalue weighted by Gasteiger charge is -2.28. The first-order valence-electron chi connectivity index (χ1n) is 4.08. The third-order valence-corrected chi connectivity index (χ3v) is 2.23. The summed E-state index contributed by atoms with van der Waals surface area (Å²) in [5.41, 5.74) is 0. The lowest BCUT2D eigenvalue weighted by atomic mass is 10.2. The normalized spacial score (nSPS) is 16.8. The van der Waals surface area contributed by atoms with Crippen molar-refractivity contribution in [2.75, 3.05) is 13.1 Å². The Bertz CT molecular complexity index is 314. The highest BCUT2D eigenvalue weighted by Crippen LogP contribution is 2.26. The van der Waals surface area contributed by atoms with E-state index in [4.69, 9.17) is 16.3 Å². The molecule has 13 heavy (non-hydrogen) atoms. The number of hydrogen-bond donors (Lipinski definition) is 1. The van der Waals surface area contributed by atoms with Crippen molar-refractivity contribution in [2.45, 2.75) is 6.10 Å². The summed E-state index contributed by atoms with van der Waals surface area (Å²) >= 11 is 5.77. The maximum absolute atomic E-state index is 12.6. The van der Waals surface area contributed by atoms with Crippen molar-refractivity contribution in [1.29, 1.82) is 0 Å². The molecule has 1 fully saturated rings. The highest BCUT2D eigenvalue weighted by molar-refractivity contribution is 6.32. The van der Waals surface area contributed by atoms with Gasteiger partial charge in [-0.05, 0) is 18.2 Å². The van der Waals surface area contributed by atoms with Gasteiger partial charge in [-0.15, -0.1) is 0 Å². The van der Waals surface area contributed by atoms with Gasteiger partial charge in [0.25, 0.3) is 0 Å². The predicted molar refractivity (Wildman–Crippen MR) is 48.7 cm³/mol. The molecular formula is C9H9ClFNO. The van der Waals surface area contributed by atoms with Gasteiger partial charge < -0.3 is 10.1 Å². The largest absolute Gasteiger partial charge is 0.486 e. The van der Waals surface area contributed by atoms with Crippen LogP contribution in [0.1, 0.15) is 0 Å². The van der Waals surface area contributed by atoms with Crippen LogP contribution in [0.25, 0.3) is 0 Å². The Balaban J connectivity index is 2.10. The van der Waals surface area contributed by atoms with Gasteiger partial charge in [0, 0.05) is 13.1 Å². The minimum atomic E-state index is -0.343. The van der Waals surface area contributed by atoms with E-state index in [0.29, 0.717) is 10.8 Å². The molecule has 4 heteroatoms. The van der Waals surface area contributed by atoms with Crippen LogP contribution >= 0.6 is 11.6 Å². The monoisotopic (exact) mass is 201 g/mol. The van der Waals surface area contributed by atoms with Crippen LogP contribution in [0.15, 0.2) is 18.2 Å². The molecule has 70 valence electrons. The van der Waals surface area contributed by atoms with Crippen molar-refractivity contribution in [3.8, 4) is 5.75 Å². The van der Waals surface area contributed by atoms with Gasteiger partial charge >= 0.3 is 0 Å². The number of nitrogens with one attached hydrogen (secondary N) is 1. The zero-order valence-corrected chi connectivity index (χ0v) is 7.64. The molecule has 1 N–H and O–H groups in total. The summed E-state index contributed by atoms with van der Waals surface area (Å²) in [6.07, 6.45) is 0.169. The maximum Gasteiger partial charge on any atom is 0.138 e. The van der Waals surface area contributed by atoms with E-state index < -0.39 is 0 Å². The first-order chi connectivity index (χ1) is 6.25. The SMILES string of the molecule is Fc1ccc(OC2CNC2)c(Cl)c1. The highest BCUT2D eigenvalue weighted by Gasteiger charge is 2.19. The molecule has 1 saturated heterocycles. The Morgan fingerprint density at radius 1 is 1.46 bits per heavy atom. The Morgan fingerprint density at radius 3 is 2.77 bits per heavy atom. The maximum atomic E-state index is 12.6. The topological polar surface area (TPSA) is 21.3 Å². The van der Waals surface area contributed by atoms with Crippen molar-refractivity contribution in [3.05, 3.63) is 29.0 Å². The average molecular weight is 202 g/mol. The standard InChI is InChI=1S/C9H9ClFNO/c10-8-3-6(11)1-2-9(8)13-7-4-12-5-7/h1-3,7,12H,4-5H2. The van der Waals surface area contributed by atoms with Crippen molar-refractivity contribution in [3.63, 3.8) is 0 Å². The fraction of sp³-hybridized carbons (Fsp3) is 0.333. The molecule has 2 rings (SSSR count). The molecule has 0 radical (unpaired) electrons. The number of hydrogen-bond acceptors (Lipinski definition) is 2. The Morgan fingerprint density at radius 2 is 2.23 bits per heavy atom. The molecule has 1 aliphatic rings. The fourth-order valence-electron chi connectivity index (χ4n) is 1.10. The first kappa shape index (κ1) is 8.78. The molecule has 0 aromatic heterocycles. The van der Waals surface area contributed by atoms with E-state index in [1.165, 1.54) is 12.1 Å². The average Bonchev–Trinajstić information content (AvgIpc) is 1.99. The summed E-state index contributed by atoms with van der Waals surface area (Å²) in [5, 5.41) is 3.40. The summed E-state index contributed by atoms with van der Waals surface area (Å²) in [5.74, 6) is 0.207. The summed E-state index contributed by atoms with van der Waals surface area (Å²) in [4.78, 5) is 0.